The van der Waals surface area contributed by atoms with Gasteiger partial charge in [-0.25, -0.2) is 9.78 Å². The van der Waals surface area contributed by atoms with Crippen LogP contribution in [0.3, 0.4) is 0 Å². The molecule has 0 saturated heterocycles. The summed E-state index contributed by atoms with van der Waals surface area (Å²) in [5, 5.41) is 8.91. The van der Waals surface area contributed by atoms with Crippen LogP contribution >= 0.6 is 27.3 Å². The molecule has 2 heterocycles. The number of hydrogen-bond donors (Lipinski definition) is 1. The predicted molar refractivity (Wildman–Crippen MR) is 71.3 cm³/mol. The van der Waals surface area contributed by atoms with E-state index in [0.29, 0.717) is 11.0 Å². The monoisotopic (exact) mass is 328 g/mol. The summed E-state index contributed by atoms with van der Waals surface area (Å²) >= 11 is 4.32. The number of rotatable bonds is 3. The van der Waals surface area contributed by atoms with Crippen molar-refractivity contribution in [2.24, 2.45) is 0 Å². The van der Waals surface area contributed by atoms with Gasteiger partial charge in [0.2, 0.25) is 0 Å². The minimum Gasteiger partial charge on any atom is -0.477 e. The van der Waals surface area contributed by atoms with Gasteiger partial charge in [0.05, 0.1) is 12.9 Å². The Kier molecular flexibility index (Phi) is 3.63. The van der Waals surface area contributed by atoms with Crippen LogP contribution in [0.5, 0.6) is 0 Å². The minimum atomic E-state index is -0.950. The van der Waals surface area contributed by atoms with Crippen LogP contribution in [0, 0.1) is 6.92 Å². The number of halogens is 1. The molecule has 94 valence electrons. The standard InChI is InChI=1S/C11H9BrN2O3S/c1-6-7(2-9(18-6)11(16)17)4-14-5-13-3-8(12)10(14)15/h2-3,5H,4H2,1H3,(H,16,17). The molecule has 2 rings (SSSR count). The van der Waals surface area contributed by atoms with E-state index in [2.05, 4.69) is 20.9 Å². The number of aromatic nitrogens is 2. The zero-order valence-corrected chi connectivity index (χ0v) is 11.8. The topological polar surface area (TPSA) is 72.2 Å². The Hall–Kier alpha value is -1.47. The van der Waals surface area contributed by atoms with Crippen molar-refractivity contribution < 1.29 is 9.90 Å². The van der Waals surface area contributed by atoms with Crippen molar-refractivity contribution in [2.75, 3.05) is 0 Å². The lowest BCUT2D eigenvalue weighted by Gasteiger charge is -2.04. The van der Waals surface area contributed by atoms with Crippen LogP contribution in [-0.4, -0.2) is 20.6 Å². The average Bonchev–Trinajstić information content (AvgIpc) is 2.67. The molecule has 0 aliphatic carbocycles. The number of carboxylic acid groups (broad SMARTS) is 1. The molecule has 2 aromatic rings. The van der Waals surface area contributed by atoms with Crippen LogP contribution in [0.4, 0.5) is 0 Å². The van der Waals surface area contributed by atoms with Gasteiger partial charge < -0.3 is 5.11 Å². The van der Waals surface area contributed by atoms with Crippen molar-refractivity contribution in [1.82, 2.24) is 9.55 Å². The Balaban J connectivity index is 2.37. The Morgan fingerprint density at radius 3 is 2.94 bits per heavy atom. The number of aryl methyl sites for hydroxylation is 1. The third-order valence-electron chi connectivity index (χ3n) is 2.43. The zero-order chi connectivity index (χ0) is 13.3. The Bertz CT molecular complexity index is 663. The van der Waals surface area contributed by atoms with Crippen molar-refractivity contribution in [2.45, 2.75) is 13.5 Å². The summed E-state index contributed by atoms with van der Waals surface area (Å²) in [4.78, 5) is 27.7. The van der Waals surface area contributed by atoms with Gasteiger partial charge in [0.15, 0.2) is 0 Å². The van der Waals surface area contributed by atoms with Crippen molar-refractivity contribution >= 4 is 33.2 Å². The van der Waals surface area contributed by atoms with Gasteiger partial charge in [-0.3, -0.25) is 9.36 Å². The first-order chi connectivity index (χ1) is 8.49. The van der Waals surface area contributed by atoms with Gasteiger partial charge in [0, 0.05) is 11.1 Å². The number of thiophene rings is 1. The van der Waals surface area contributed by atoms with Crippen molar-refractivity contribution in [3.05, 3.63) is 48.7 Å². The van der Waals surface area contributed by atoms with Crippen LogP contribution < -0.4 is 5.56 Å². The zero-order valence-electron chi connectivity index (χ0n) is 9.38. The lowest BCUT2D eigenvalue weighted by Crippen LogP contribution is -2.21. The molecule has 0 aliphatic heterocycles. The molecule has 0 unspecified atom stereocenters. The Morgan fingerprint density at radius 1 is 1.61 bits per heavy atom. The van der Waals surface area contributed by atoms with Crippen molar-refractivity contribution in [3.63, 3.8) is 0 Å². The molecular formula is C11H9BrN2O3S. The lowest BCUT2D eigenvalue weighted by molar-refractivity contribution is 0.0702. The first-order valence-electron chi connectivity index (χ1n) is 5.01. The van der Waals surface area contributed by atoms with Crippen LogP contribution in [0.1, 0.15) is 20.1 Å². The highest BCUT2D eigenvalue weighted by atomic mass is 79.9. The number of carboxylic acids is 1. The molecule has 18 heavy (non-hydrogen) atoms. The second kappa shape index (κ2) is 5.03. The molecule has 5 nitrogen and oxygen atoms in total. The summed E-state index contributed by atoms with van der Waals surface area (Å²) in [6.45, 7) is 2.16. The van der Waals surface area contributed by atoms with Crippen molar-refractivity contribution in [1.29, 1.82) is 0 Å². The normalized spacial score (nSPS) is 10.6. The maximum Gasteiger partial charge on any atom is 0.345 e. The lowest BCUT2D eigenvalue weighted by atomic mass is 10.2. The number of aromatic carboxylic acids is 1. The molecule has 0 saturated carbocycles. The van der Waals surface area contributed by atoms with E-state index in [1.165, 1.54) is 28.4 Å². The molecule has 7 heteroatoms. The average molecular weight is 329 g/mol. The summed E-state index contributed by atoms with van der Waals surface area (Å²) in [5.41, 5.74) is 0.631. The number of carbonyl (C=O) groups is 1. The van der Waals surface area contributed by atoms with Gasteiger partial charge in [0.1, 0.15) is 9.35 Å². The molecule has 0 aromatic carbocycles. The maximum absolute atomic E-state index is 11.8. The second-order valence-corrected chi connectivity index (χ2v) is 5.78. The maximum atomic E-state index is 11.8. The number of nitrogens with zero attached hydrogens (tertiary/aromatic N) is 2. The van der Waals surface area contributed by atoms with Crippen LogP contribution in [0.15, 0.2) is 27.9 Å². The largest absolute Gasteiger partial charge is 0.477 e. The van der Waals surface area contributed by atoms with Crippen LogP contribution in [-0.2, 0) is 6.54 Å². The van der Waals surface area contributed by atoms with Crippen molar-refractivity contribution in [3.8, 4) is 0 Å². The fraction of sp³-hybridized carbons (Fsp3) is 0.182. The molecule has 0 spiro atoms. The first-order valence-corrected chi connectivity index (χ1v) is 6.62. The van der Waals surface area contributed by atoms with E-state index >= 15 is 0 Å². The molecule has 2 aromatic heterocycles. The van der Waals surface area contributed by atoms with Gasteiger partial charge in [-0.15, -0.1) is 11.3 Å². The van der Waals surface area contributed by atoms with Gasteiger partial charge >= 0.3 is 5.97 Å². The summed E-state index contributed by atoms with van der Waals surface area (Å²) < 4.78 is 1.82. The summed E-state index contributed by atoms with van der Waals surface area (Å²) in [6, 6.07) is 1.59. The van der Waals surface area contributed by atoms with Crippen LogP contribution in [0.2, 0.25) is 0 Å². The van der Waals surface area contributed by atoms with E-state index in [0.717, 1.165) is 10.4 Å². The van der Waals surface area contributed by atoms with Gasteiger partial charge in [0.25, 0.3) is 5.56 Å². The van der Waals surface area contributed by atoms with E-state index in [-0.39, 0.29) is 10.4 Å². The quantitative estimate of drug-likeness (QED) is 0.936. The molecule has 0 amide bonds. The van der Waals surface area contributed by atoms with Crippen LogP contribution in [0.25, 0.3) is 0 Å². The highest BCUT2D eigenvalue weighted by Crippen LogP contribution is 2.22. The first kappa shape index (κ1) is 13.0. The predicted octanol–water partition coefficient (Wildman–Crippen LogP) is 2.12. The van der Waals surface area contributed by atoms with E-state index in [4.69, 9.17) is 5.11 Å². The fourth-order valence-corrected chi connectivity index (χ4v) is 2.72. The molecule has 0 aliphatic rings. The van der Waals surface area contributed by atoms with Gasteiger partial charge in [-0.2, -0.15) is 0 Å². The summed E-state index contributed by atoms with van der Waals surface area (Å²) in [7, 11) is 0. The van der Waals surface area contributed by atoms with E-state index in [9.17, 15) is 9.59 Å². The van der Waals surface area contributed by atoms with E-state index < -0.39 is 5.97 Å². The summed E-state index contributed by atoms with van der Waals surface area (Å²) in [5.74, 6) is -0.950. The molecule has 0 fully saturated rings. The molecule has 0 atom stereocenters. The minimum absolute atomic E-state index is 0.188. The number of hydrogen-bond acceptors (Lipinski definition) is 4. The molecule has 0 bridgehead atoms. The third-order valence-corrected chi connectivity index (χ3v) is 4.06. The Morgan fingerprint density at radius 2 is 2.33 bits per heavy atom. The fourth-order valence-electron chi connectivity index (χ4n) is 1.50. The van der Waals surface area contributed by atoms with E-state index in [1.54, 1.807) is 6.07 Å². The van der Waals surface area contributed by atoms with Gasteiger partial charge in [-0.1, -0.05) is 0 Å². The Labute approximate surface area is 115 Å². The third kappa shape index (κ3) is 2.51. The second-order valence-electron chi connectivity index (χ2n) is 3.67. The SMILES string of the molecule is Cc1sc(C(=O)O)cc1Cn1cncc(Br)c1=O. The molecule has 1 N–H and O–H groups in total. The molecule has 0 radical (unpaired) electrons. The smallest absolute Gasteiger partial charge is 0.345 e. The highest BCUT2D eigenvalue weighted by Gasteiger charge is 2.12. The molecular weight excluding hydrogens is 320 g/mol. The summed E-state index contributed by atoms with van der Waals surface area (Å²) in [6.07, 6.45) is 2.87. The highest BCUT2D eigenvalue weighted by molar-refractivity contribution is 9.10. The van der Waals surface area contributed by atoms with E-state index in [1.807, 2.05) is 6.92 Å². The van der Waals surface area contributed by atoms with Gasteiger partial charge in [-0.05, 0) is 34.5 Å².